The van der Waals surface area contributed by atoms with E-state index < -0.39 is 0 Å². The molecule has 4 nitrogen and oxygen atoms in total. The Bertz CT molecular complexity index is 440. The van der Waals surface area contributed by atoms with Crippen molar-refractivity contribution in [1.29, 1.82) is 0 Å². The van der Waals surface area contributed by atoms with E-state index in [4.69, 9.17) is 9.15 Å². The zero-order valence-electron chi connectivity index (χ0n) is 9.93. The van der Waals surface area contributed by atoms with Gasteiger partial charge >= 0.3 is 0 Å². The van der Waals surface area contributed by atoms with E-state index in [0.29, 0.717) is 25.0 Å². The quantitative estimate of drug-likeness (QED) is 0.718. The van der Waals surface area contributed by atoms with Crippen LogP contribution in [0, 0.1) is 6.92 Å². The van der Waals surface area contributed by atoms with E-state index in [0.717, 1.165) is 12.8 Å². The maximum absolute atomic E-state index is 5.56. The first kappa shape index (κ1) is 11.8. The highest BCUT2D eigenvalue weighted by atomic mass is 16.5. The maximum atomic E-state index is 5.56. The Hall–Kier alpha value is -1.68. The summed E-state index contributed by atoms with van der Waals surface area (Å²) in [5, 5.41) is 7.70. The Kier molecular flexibility index (Phi) is 4.27. The molecule has 0 amide bonds. The normalized spacial score (nSPS) is 10.6. The molecule has 0 aliphatic carbocycles. The van der Waals surface area contributed by atoms with Crippen molar-refractivity contribution in [3.8, 4) is 0 Å². The summed E-state index contributed by atoms with van der Waals surface area (Å²) in [5.41, 5.74) is 1.20. The van der Waals surface area contributed by atoms with Gasteiger partial charge in [-0.15, -0.1) is 10.2 Å². The van der Waals surface area contributed by atoms with Crippen molar-refractivity contribution >= 4 is 0 Å². The van der Waals surface area contributed by atoms with Crippen molar-refractivity contribution in [2.24, 2.45) is 0 Å². The van der Waals surface area contributed by atoms with Crippen molar-refractivity contribution in [2.45, 2.75) is 26.4 Å². The highest BCUT2D eigenvalue weighted by molar-refractivity contribution is 5.13. The Morgan fingerprint density at radius 3 is 2.71 bits per heavy atom. The molecule has 1 heterocycles. The highest BCUT2D eigenvalue weighted by Gasteiger charge is 2.01. The van der Waals surface area contributed by atoms with Crippen molar-refractivity contribution < 1.29 is 9.15 Å². The molecule has 0 saturated carbocycles. The standard InChI is InChI=1S/C13H16N2O2/c1-11-14-15-13(17-11)8-5-9-16-10-12-6-3-2-4-7-12/h2-4,6-7H,5,8-10H2,1H3. The topological polar surface area (TPSA) is 48.2 Å². The molecule has 2 rings (SSSR count). The Labute approximate surface area is 101 Å². The lowest BCUT2D eigenvalue weighted by Crippen LogP contribution is -1.97. The molecule has 0 fully saturated rings. The van der Waals surface area contributed by atoms with Crippen LogP contribution in [0.1, 0.15) is 23.8 Å². The molecule has 0 spiro atoms. The molecule has 0 unspecified atom stereocenters. The van der Waals surface area contributed by atoms with Gasteiger partial charge in [-0.05, 0) is 12.0 Å². The summed E-state index contributed by atoms with van der Waals surface area (Å²) in [6, 6.07) is 10.1. The van der Waals surface area contributed by atoms with Gasteiger partial charge < -0.3 is 9.15 Å². The van der Waals surface area contributed by atoms with Gasteiger partial charge in [0.15, 0.2) is 0 Å². The molecule has 0 atom stereocenters. The number of ether oxygens (including phenoxy) is 1. The summed E-state index contributed by atoms with van der Waals surface area (Å²) < 4.78 is 10.8. The summed E-state index contributed by atoms with van der Waals surface area (Å²) in [5.74, 6) is 1.30. The summed E-state index contributed by atoms with van der Waals surface area (Å²) in [7, 11) is 0. The average molecular weight is 232 g/mol. The van der Waals surface area contributed by atoms with Crippen LogP contribution in [0.15, 0.2) is 34.7 Å². The molecule has 1 aromatic carbocycles. The van der Waals surface area contributed by atoms with Crippen molar-refractivity contribution in [1.82, 2.24) is 10.2 Å². The van der Waals surface area contributed by atoms with Crippen LogP contribution in [-0.4, -0.2) is 16.8 Å². The Balaban J connectivity index is 1.61. The predicted molar refractivity (Wildman–Crippen MR) is 63.5 cm³/mol. The number of aromatic nitrogens is 2. The zero-order valence-corrected chi connectivity index (χ0v) is 9.93. The number of benzene rings is 1. The van der Waals surface area contributed by atoms with E-state index in [1.54, 1.807) is 6.92 Å². The molecular weight excluding hydrogens is 216 g/mol. The molecular formula is C13H16N2O2. The first-order valence-electron chi connectivity index (χ1n) is 5.75. The van der Waals surface area contributed by atoms with E-state index in [9.17, 15) is 0 Å². The van der Waals surface area contributed by atoms with Gasteiger partial charge in [0.1, 0.15) is 0 Å². The van der Waals surface area contributed by atoms with Gasteiger partial charge in [-0.3, -0.25) is 0 Å². The second-order valence-electron chi connectivity index (χ2n) is 3.86. The largest absolute Gasteiger partial charge is 0.426 e. The predicted octanol–water partition coefficient (Wildman–Crippen LogP) is 2.53. The first-order chi connectivity index (χ1) is 8.34. The van der Waals surface area contributed by atoms with E-state index in [-0.39, 0.29) is 0 Å². The van der Waals surface area contributed by atoms with Gasteiger partial charge in [-0.2, -0.15) is 0 Å². The Morgan fingerprint density at radius 2 is 2.00 bits per heavy atom. The van der Waals surface area contributed by atoms with Crippen LogP contribution in [0.4, 0.5) is 0 Å². The highest BCUT2D eigenvalue weighted by Crippen LogP contribution is 2.04. The molecule has 0 aliphatic heterocycles. The Morgan fingerprint density at radius 1 is 1.18 bits per heavy atom. The lowest BCUT2D eigenvalue weighted by Gasteiger charge is -2.02. The molecule has 0 bridgehead atoms. The SMILES string of the molecule is Cc1nnc(CCCOCc2ccccc2)o1. The fraction of sp³-hybridized carbons (Fsp3) is 0.385. The van der Waals surface area contributed by atoms with Crippen LogP contribution in [0.3, 0.4) is 0 Å². The number of hydrogen-bond donors (Lipinski definition) is 0. The van der Waals surface area contributed by atoms with Gasteiger partial charge in [-0.25, -0.2) is 0 Å². The molecule has 17 heavy (non-hydrogen) atoms. The van der Waals surface area contributed by atoms with Crippen molar-refractivity contribution in [3.05, 3.63) is 47.7 Å². The van der Waals surface area contributed by atoms with Crippen LogP contribution in [-0.2, 0) is 17.8 Å². The van der Waals surface area contributed by atoms with Gasteiger partial charge in [-0.1, -0.05) is 30.3 Å². The lowest BCUT2D eigenvalue weighted by molar-refractivity contribution is 0.117. The maximum Gasteiger partial charge on any atom is 0.216 e. The summed E-state index contributed by atoms with van der Waals surface area (Å²) >= 11 is 0. The van der Waals surface area contributed by atoms with Crippen LogP contribution in [0.2, 0.25) is 0 Å². The second kappa shape index (κ2) is 6.15. The molecule has 0 radical (unpaired) electrons. The smallest absolute Gasteiger partial charge is 0.216 e. The van der Waals surface area contributed by atoms with E-state index in [1.165, 1.54) is 5.56 Å². The minimum absolute atomic E-state index is 0.616. The number of hydrogen-bond acceptors (Lipinski definition) is 4. The van der Waals surface area contributed by atoms with Crippen LogP contribution < -0.4 is 0 Å². The summed E-state index contributed by atoms with van der Waals surface area (Å²) in [6.07, 6.45) is 1.67. The third kappa shape index (κ3) is 4.00. The minimum atomic E-state index is 0.616. The van der Waals surface area contributed by atoms with Crippen LogP contribution >= 0.6 is 0 Å². The molecule has 0 aliphatic rings. The second-order valence-corrected chi connectivity index (χ2v) is 3.86. The van der Waals surface area contributed by atoms with Gasteiger partial charge in [0.2, 0.25) is 11.8 Å². The molecule has 4 heteroatoms. The fourth-order valence-electron chi connectivity index (χ4n) is 1.53. The molecule has 2 aromatic rings. The van der Waals surface area contributed by atoms with Gasteiger partial charge in [0, 0.05) is 20.0 Å². The zero-order chi connectivity index (χ0) is 11.9. The third-order valence-electron chi connectivity index (χ3n) is 2.36. The first-order valence-corrected chi connectivity index (χ1v) is 5.75. The minimum Gasteiger partial charge on any atom is -0.426 e. The molecule has 0 saturated heterocycles. The van der Waals surface area contributed by atoms with E-state index >= 15 is 0 Å². The molecule has 0 N–H and O–H groups in total. The number of nitrogens with zero attached hydrogens (tertiary/aromatic N) is 2. The monoisotopic (exact) mass is 232 g/mol. The van der Waals surface area contributed by atoms with Crippen LogP contribution in [0.25, 0.3) is 0 Å². The average Bonchev–Trinajstić information content (AvgIpc) is 2.76. The van der Waals surface area contributed by atoms with Crippen molar-refractivity contribution in [3.63, 3.8) is 0 Å². The number of rotatable bonds is 6. The van der Waals surface area contributed by atoms with Crippen molar-refractivity contribution in [2.75, 3.05) is 6.61 Å². The fourth-order valence-corrected chi connectivity index (χ4v) is 1.53. The lowest BCUT2D eigenvalue weighted by atomic mass is 10.2. The summed E-state index contributed by atoms with van der Waals surface area (Å²) in [6.45, 7) is 3.16. The molecule has 90 valence electrons. The van der Waals surface area contributed by atoms with E-state index in [1.807, 2.05) is 18.2 Å². The van der Waals surface area contributed by atoms with Crippen LogP contribution in [0.5, 0.6) is 0 Å². The number of aryl methyl sites for hydroxylation is 2. The molecule has 1 aromatic heterocycles. The van der Waals surface area contributed by atoms with E-state index in [2.05, 4.69) is 22.3 Å². The van der Waals surface area contributed by atoms with Gasteiger partial charge in [0.05, 0.1) is 6.61 Å². The summed E-state index contributed by atoms with van der Waals surface area (Å²) in [4.78, 5) is 0. The third-order valence-corrected chi connectivity index (χ3v) is 2.36. The van der Waals surface area contributed by atoms with Gasteiger partial charge in [0.25, 0.3) is 0 Å².